The van der Waals surface area contributed by atoms with Crippen molar-refractivity contribution < 1.29 is 23.6 Å². The number of nitro groups is 1. The third kappa shape index (κ3) is 3.47. The van der Waals surface area contributed by atoms with Gasteiger partial charge in [-0.2, -0.15) is 5.26 Å². The number of methoxy groups -OCH3 is 1. The van der Waals surface area contributed by atoms with Gasteiger partial charge in [0, 0.05) is 12.1 Å². The van der Waals surface area contributed by atoms with Crippen molar-refractivity contribution in [3.05, 3.63) is 62.6 Å². The minimum Gasteiger partial charge on any atom is -0.493 e. The van der Waals surface area contributed by atoms with Crippen molar-refractivity contribution >= 4 is 22.8 Å². The molecule has 0 N–H and O–H groups in total. The number of nitro benzene ring substituents is 1. The van der Waals surface area contributed by atoms with Crippen LogP contribution in [0.1, 0.15) is 5.56 Å². The Hall–Kier alpha value is -4.13. The lowest BCUT2D eigenvalue weighted by Gasteiger charge is -2.09. The predicted molar refractivity (Wildman–Crippen MR) is 90.5 cm³/mol. The molecule has 0 atom stereocenters. The second kappa shape index (κ2) is 7.01. The van der Waals surface area contributed by atoms with Crippen molar-refractivity contribution in [2.24, 2.45) is 0 Å². The maximum Gasteiger partial charge on any atom is 0.420 e. The van der Waals surface area contributed by atoms with E-state index in [9.17, 15) is 19.7 Å². The van der Waals surface area contributed by atoms with Gasteiger partial charge in [0.25, 0.3) is 5.69 Å². The van der Waals surface area contributed by atoms with E-state index in [1.165, 1.54) is 37.4 Å². The SMILES string of the molecule is COc1cc(C#N)ccc1OC(=O)Cn1c(=O)oc2cc([N+](=O)[O-])ccc21. The van der Waals surface area contributed by atoms with Crippen LogP contribution in [0.4, 0.5) is 5.69 Å². The Balaban J connectivity index is 1.87. The maximum atomic E-state index is 12.2. The van der Waals surface area contributed by atoms with Gasteiger partial charge in [0.15, 0.2) is 17.1 Å². The van der Waals surface area contributed by atoms with Gasteiger partial charge in [-0.3, -0.25) is 14.7 Å². The van der Waals surface area contributed by atoms with Gasteiger partial charge >= 0.3 is 11.7 Å². The molecule has 0 aliphatic heterocycles. The van der Waals surface area contributed by atoms with Gasteiger partial charge in [-0.1, -0.05) is 0 Å². The third-order valence-corrected chi connectivity index (χ3v) is 3.67. The first-order valence-electron chi connectivity index (χ1n) is 7.49. The lowest BCUT2D eigenvalue weighted by Crippen LogP contribution is -2.23. The van der Waals surface area contributed by atoms with Gasteiger partial charge in [-0.25, -0.2) is 9.59 Å². The number of fused-ring (bicyclic) bond motifs is 1. The Labute approximate surface area is 150 Å². The molecule has 136 valence electrons. The van der Waals surface area contributed by atoms with Crippen molar-refractivity contribution in [2.75, 3.05) is 7.11 Å². The Morgan fingerprint density at radius 2 is 2.07 bits per heavy atom. The van der Waals surface area contributed by atoms with Crippen molar-refractivity contribution in [3.8, 4) is 17.6 Å². The van der Waals surface area contributed by atoms with E-state index in [0.717, 1.165) is 10.6 Å². The fraction of sp³-hybridized carbons (Fsp3) is 0.118. The van der Waals surface area contributed by atoms with Crippen LogP contribution in [0.15, 0.2) is 45.6 Å². The van der Waals surface area contributed by atoms with Crippen LogP contribution in [0.25, 0.3) is 11.1 Å². The average molecular weight is 369 g/mol. The number of nitrogens with zero attached hydrogens (tertiary/aromatic N) is 3. The van der Waals surface area contributed by atoms with Gasteiger partial charge in [-0.05, 0) is 18.2 Å². The van der Waals surface area contributed by atoms with Gasteiger partial charge in [0.1, 0.15) is 6.54 Å². The van der Waals surface area contributed by atoms with Crippen LogP contribution in [-0.2, 0) is 11.3 Å². The first-order valence-corrected chi connectivity index (χ1v) is 7.49. The highest BCUT2D eigenvalue weighted by Gasteiger charge is 2.18. The van der Waals surface area contributed by atoms with E-state index in [0.29, 0.717) is 5.56 Å². The molecule has 0 fully saturated rings. The van der Waals surface area contributed by atoms with Crippen LogP contribution in [0, 0.1) is 21.4 Å². The molecule has 0 bridgehead atoms. The maximum absolute atomic E-state index is 12.2. The molecule has 10 nitrogen and oxygen atoms in total. The topological polar surface area (TPSA) is 138 Å². The summed E-state index contributed by atoms with van der Waals surface area (Å²) in [7, 11) is 1.36. The molecule has 27 heavy (non-hydrogen) atoms. The molecule has 1 heterocycles. The summed E-state index contributed by atoms with van der Waals surface area (Å²) in [6.07, 6.45) is 0. The van der Waals surface area contributed by atoms with Crippen LogP contribution < -0.4 is 15.2 Å². The molecular weight excluding hydrogens is 358 g/mol. The third-order valence-electron chi connectivity index (χ3n) is 3.67. The Bertz CT molecular complexity index is 1150. The zero-order chi connectivity index (χ0) is 19.6. The van der Waals surface area contributed by atoms with E-state index in [1.807, 2.05) is 6.07 Å². The molecule has 2 aromatic carbocycles. The van der Waals surface area contributed by atoms with Gasteiger partial charge < -0.3 is 13.9 Å². The summed E-state index contributed by atoms with van der Waals surface area (Å²) in [5.41, 5.74) is 0.283. The van der Waals surface area contributed by atoms with Crippen molar-refractivity contribution in [1.29, 1.82) is 5.26 Å². The standard InChI is InChI=1S/C17H11N3O7/c1-25-15-6-10(8-18)2-5-13(15)26-16(21)9-19-12-4-3-11(20(23)24)7-14(12)27-17(19)22/h2-7H,9H2,1H3. The molecule has 0 radical (unpaired) electrons. The highest BCUT2D eigenvalue weighted by Crippen LogP contribution is 2.28. The van der Waals surface area contributed by atoms with Crippen LogP contribution in [-0.4, -0.2) is 22.6 Å². The number of hydrogen-bond donors (Lipinski definition) is 0. The number of rotatable bonds is 5. The van der Waals surface area contributed by atoms with E-state index in [-0.39, 0.29) is 28.3 Å². The number of carbonyl (C=O) groups is 1. The lowest BCUT2D eigenvalue weighted by atomic mass is 10.2. The fourth-order valence-electron chi connectivity index (χ4n) is 2.42. The van der Waals surface area contributed by atoms with E-state index >= 15 is 0 Å². The molecule has 0 saturated carbocycles. The number of non-ortho nitro benzene ring substituents is 1. The van der Waals surface area contributed by atoms with Crippen molar-refractivity contribution in [1.82, 2.24) is 4.57 Å². The minimum absolute atomic E-state index is 0.0158. The number of hydrogen-bond acceptors (Lipinski definition) is 8. The fourth-order valence-corrected chi connectivity index (χ4v) is 2.42. The molecule has 3 rings (SSSR count). The van der Waals surface area contributed by atoms with E-state index in [4.69, 9.17) is 19.2 Å². The van der Waals surface area contributed by atoms with Gasteiger partial charge in [0.05, 0.1) is 35.2 Å². The molecule has 0 aliphatic rings. The van der Waals surface area contributed by atoms with Crippen LogP contribution >= 0.6 is 0 Å². The highest BCUT2D eigenvalue weighted by atomic mass is 16.6. The summed E-state index contributed by atoms with van der Waals surface area (Å²) in [6, 6.07) is 9.79. The number of nitriles is 1. The largest absolute Gasteiger partial charge is 0.493 e. The number of aromatic nitrogens is 1. The second-order valence-electron chi connectivity index (χ2n) is 5.31. The Morgan fingerprint density at radius 1 is 1.30 bits per heavy atom. The smallest absolute Gasteiger partial charge is 0.420 e. The molecule has 0 unspecified atom stereocenters. The van der Waals surface area contributed by atoms with E-state index in [2.05, 4.69) is 0 Å². The number of benzene rings is 2. The first-order chi connectivity index (χ1) is 12.9. The second-order valence-corrected chi connectivity index (χ2v) is 5.31. The molecule has 0 saturated heterocycles. The molecular formula is C17H11N3O7. The first kappa shape index (κ1) is 17.7. The lowest BCUT2D eigenvalue weighted by molar-refractivity contribution is -0.384. The van der Waals surface area contributed by atoms with E-state index < -0.39 is 23.2 Å². The number of carbonyl (C=O) groups excluding carboxylic acids is 1. The zero-order valence-corrected chi connectivity index (χ0v) is 13.9. The Kier molecular flexibility index (Phi) is 4.59. The highest BCUT2D eigenvalue weighted by molar-refractivity contribution is 5.79. The normalized spacial score (nSPS) is 10.4. The number of esters is 1. The molecule has 0 spiro atoms. The van der Waals surface area contributed by atoms with Crippen molar-refractivity contribution in [2.45, 2.75) is 6.54 Å². The van der Waals surface area contributed by atoms with Crippen molar-refractivity contribution in [3.63, 3.8) is 0 Å². The van der Waals surface area contributed by atoms with Crippen LogP contribution in [0.5, 0.6) is 11.5 Å². The summed E-state index contributed by atoms with van der Waals surface area (Å²) < 4.78 is 16.2. The zero-order valence-electron chi connectivity index (χ0n) is 13.9. The summed E-state index contributed by atoms with van der Waals surface area (Å²) in [6.45, 7) is -0.479. The quantitative estimate of drug-likeness (QED) is 0.288. The van der Waals surface area contributed by atoms with E-state index in [1.54, 1.807) is 0 Å². The monoisotopic (exact) mass is 369 g/mol. The molecule has 10 heteroatoms. The summed E-state index contributed by atoms with van der Waals surface area (Å²) in [5, 5.41) is 19.7. The molecule has 1 aromatic heterocycles. The van der Waals surface area contributed by atoms with Crippen LogP contribution in [0.3, 0.4) is 0 Å². The molecule has 3 aromatic rings. The average Bonchev–Trinajstić information content (AvgIpc) is 2.96. The van der Waals surface area contributed by atoms with Gasteiger partial charge in [0.2, 0.25) is 0 Å². The van der Waals surface area contributed by atoms with Gasteiger partial charge in [-0.15, -0.1) is 0 Å². The summed E-state index contributed by atoms with van der Waals surface area (Å²) in [5.74, 6) is -1.38. The molecule has 0 amide bonds. The van der Waals surface area contributed by atoms with Crippen LogP contribution in [0.2, 0.25) is 0 Å². The Morgan fingerprint density at radius 3 is 2.74 bits per heavy atom. The number of oxazole rings is 1. The predicted octanol–water partition coefficient (Wildman–Crippen LogP) is 1.99. The number of ether oxygens (including phenoxy) is 2. The molecule has 0 aliphatic carbocycles. The summed E-state index contributed by atoms with van der Waals surface area (Å²) >= 11 is 0. The summed E-state index contributed by atoms with van der Waals surface area (Å²) in [4.78, 5) is 34.4. The minimum atomic E-state index is -0.853.